The number of halogens is 2. The van der Waals surface area contributed by atoms with Crippen molar-refractivity contribution in [3.05, 3.63) is 27.7 Å². The second-order valence-electron chi connectivity index (χ2n) is 6.67. The van der Waals surface area contributed by atoms with E-state index in [2.05, 4.69) is 0 Å². The SMILES string of the molecule is CC(C)(C)OC(=O)N1CCC(Oc2c(Cl)cc(C#N)cc2Cl)CC1. The number of ether oxygens (including phenoxy) is 2. The van der Waals surface area contributed by atoms with Gasteiger partial charge in [0.15, 0.2) is 5.75 Å². The van der Waals surface area contributed by atoms with Crippen LogP contribution < -0.4 is 4.74 Å². The van der Waals surface area contributed by atoms with Gasteiger partial charge in [0.1, 0.15) is 11.7 Å². The van der Waals surface area contributed by atoms with E-state index in [1.54, 1.807) is 4.90 Å². The Morgan fingerprint density at radius 3 is 2.25 bits per heavy atom. The minimum atomic E-state index is -0.506. The second-order valence-corrected chi connectivity index (χ2v) is 7.48. The molecule has 2 rings (SSSR count). The lowest BCUT2D eigenvalue weighted by atomic mass is 10.1. The maximum atomic E-state index is 12.0. The van der Waals surface area contributed by atoms with Gasteiger partial charge >= 0.3 is 6.09 Å². The lowest BCUT2D eigenvalue weighted by Crippen LogP contribution is -2.44. The van der Waals surface area contributed by atoms with E-state index in [0.29, 0.717) is 47.3 Å². The van der Waals surface area contributed by atoms with Crippen LogP contribution in [0.15, 0.2) is 12.1 Å². The maximum Gasteiger partial charge on any atom is 0.410 e. The van der Waals surface area contributed by atoms with Crippen molar-refractivity contribution in [3.63, 3.8) is 0 Å². The van der Waals surface area contributed by atoms with Gasteiger partial charge in [-0.2, -0.15) is 5.26 Å². The van der Waals surface area contributed by atoms with E-state index < -0.39 is 5.60 Å². The van der Waals surface area contributed by atoms with Crippen molar-refractivity contribution in [2.45, 2.75) is 45.3 Å². The minimum Gasteiger partial charge on any atom is -0.487 e. The first-order chi connectivity index (χ1) is 11.2. The molecule has 1 aromatic rings. The standard InChI is InChI=1S/C17H20Cl2N2O3/c1-17(2,3)24-16(22)21-6-4-12(5-7-21)23-15-13(18)8-11(10-20)9-14(15)19/h8-9,12H,4-7H2,1-3H3. The first-order valence-electron chi connectivity index (χ1n) is 7.73. The number of amides is 1. The topological polar surface area (TPSA) is 62.6 Å². The number of hydrogen-bond acceptors (Lipinski definition) is 4. The number of piperidine rings is 1. The van der Waals surface area contributed by atoms with E-state index >= 15 is 0 Å². The fourth-order valence-electron chi connectivity index (χ4n) is 2.39. The fourth-order valence-corrected chi connectivity index (χ4v) is 2.96. The van der Waals surface area contributed by atoms with Crippen LogP contribution in [0.3, 0.4) is 0 Å². The molecule has 0 spiro atoms. The van der Waals surface area contributed by atoms with Crippen molar-refractivity contribution in [1.82, 2.24) is 4.90 Å². The van der Waals surface area contributed by atoms with Crippen molar-refractivity contribution >= 4 is 29.3 Å². The highest BCUT2D eigenvalue weighted by atomic mass is 35.5. The zero-order valence-electron chi connectivity index (χ0n) is 13.9. The zero-order chi connectivity index (χ0) is 17.9. The maximum absolute atomic E-state index is 12.0. The van der Waals surface area contributed by atoms with Crippen molar-refractivity contribution < 1.29 is 14.3 Å². The molecule has 5 nitrogen and oxygen atoms in total. The summed E-state index contributed by atoms with van der Waals surface area (Å²) in [6, 6.07) is 5.05. The first kappa shape index (κ1) is 18.7. The molecule has 0 saturated carbocycles. The van der Waals surface area contributed by atoms with Crippen LogP contribution in [-0.4, -0.2) is 35.8 Å². The first-order valence-corrected chi connectivity index (χ1v) is 8.49. The molecule has 0 aliphatic carbocycles. The van der Waals surface area contributed by atoms with Gasteiger partial charge < -0.3 is 14.4 Å². The Kier molecular flexibility index (Phi) is 5.84. The van der Waals surface area contributed by atoms with Crippen LogP contribution in [0.2, 0.25) is 10.0 Å². The molecule has 7 heteroatoms. The van der Waals surface area contributed by atoms with Crippen LogP contribution in [0, 0.1) is 11.3 Å². The Bertz CT molecular complexity index is 634. The number of nitrogens with zero attached hydrogens (tertiary/aromatic N) is 2. The van der Waals surface area contributed by atoms with Gasteiger partial charge in [0.25, 0.3) is 0 Å². The third-order valence-electron chi connectivity index (χ3n) is 3.51. The fraction of sp³-hybridized carbons (Fsp3) is 0.529. The Balaban J connectivity index is 1.95. The number of rotatable bonds is 2. The highest BCUT2D eigenvalue weighted by Crippen LogP contribution is 2.36. The van der Waals surface area contributed by atoms with Gasteiger partial charge in [0.05, 0.1) is 21.7 Å². The summed E-state index contributed by atoms with van der Waals surface area (Å²) < 4.78 is 11.3. The highest BCUT2D eigenvalue weighted by molar-refractivity contribution is 6.37. The molecule has 0 bridgehead atoms. The molecule has 0 unspecified atom stereocenters. The molecule has 24 heavy (non-hydrogen) atoms. The van der Waals surface area contributed by atoms with E-state index in [1.807, 2.05) is 26.8 Å². The molecule has 0 N–H and O–H groups in total. The average molecular weight is 371 g/mol. The van der Waals surface area contributed by atoms with Crippen LogP contribution in [-0.2, 0) is 4.74 Å². The number of carbonyl (C=O) groups excluding carboxylic acids is 1. The summed E-state index contributed by atoms with van der Waals surface area (Å²) in [7, 11) is 0. The van der Waals surface area contributed by atoms with Crippen LogP contribution in [0.1, 0.15) is 39.2 Å². The molecule has 1 aliphatic rings. The predicted molar refractivity (Wildman–Crippen MR) is 92.6 cm³/mol. The molecule has 0 atom stereocenters. The number of hydrogen-bond donors (Lipinski definition) is 0. The molecule has 1 aromatic carbocycles. The monoisotopic (exact) mass is 370 g/mol. The van der Waals surface area contributed by atoms with Gasteiger partial charge in [-0.3, -0.25) is 0 Å². The normalized spacial score (nSPS) is 15.8. The lowest BCUT2D eigenvalue weighted by Gasteiger charge is -2.33. The summed E-state index contributed by atoms with van der Waals surface area (Å²) in [6.07, 6.45) is 0.916. The van der Waals surface area contributed by atoms with Gasteiger partial charge in [-0.1, -0.05) is 23.2 Å². The van der Waals surface area contributed by atoms with E-state index in [1.165, 1.54) is 12.1 Å². The quantitative estimate of drug-likeness (QED) is 0.760. The number of nitriles is 1. The third kappa shape index (κ3) is 4.93. The average Bonchev–Trinajstić information content (AvgIpc) is 2.49. The Labute approximate surface area is 152 Å². The predicted octanol–water partition coefficient (Wildman–Crippen LogP) is 4.64. The molecule has 0 radical (unpaired) electrons. The Morgan fingerprint density at radius 1 is 1.25 bits per heavy atom. The molecule has 1 amide bonds. The summed E-state index contributed by atoms with van der Waals surface area (Å²) in [5.41, 5.74) is -0.120. The van der Waals surface area contributed by atoms with Crippen molar-refractivity contribution in [1.29, 1.82) is 5.26 Å². The van der Waals surface area contributed by atoms with Crippen LogP contribution >= 0.6 is 23.2 Å². The highest BCUT2D eigenvalue weighted by Gasteiger charge is 2.28. The largest absolute Gasteiger partial charge is 0.487 e. The Hall–Kier alpha value is -1.64. The molecule has 1 saturated heterocycles. The molecule has 0 aromatic heterocycles. The second kappa shape index (κ2) is 7.50. The number of benzene rings is 1. The molecule has 130 valence electrons. The number of carbonyl (C=O) groups is 1. The molecule has 1 heterocycles. The smallest absolute Gasteiger partial charge is 0.410 e. The zero-order valence-corrected chi connectivity index (χ0v) is 15.4. The van der Waals surface area contributed by atoms with Gasteiger partial charge in [-0.05, 0) is 32.9 Å². The molecular weight excluding hydrogens is 351 g/mol. The molecule has 1 aliphatic heterocycles. The molecular formula is C17H20Cl2N2O3. The molecule has 1 fully saturated rings. The van der Waals surface area contributed by atoms with E-state index in [0.717, 1.165) is 0 Å². The van der Waals surface area contributed by atoms with Crippen molar-refractivity contribution in [2.75, 3.05) is 13.1 Å². The minimum absolute atomic E-state index is 0.0911. The van der Waals surface area contributed by atoms with Crippen molar-refractivity contribution in [3.8, 4) is 11.8 Å². The van der Waals surface area contributed by atoms with Crippen LogP contribution in [0.5, 0.6) is 5.75 Å². The summed E-state index contributed by atoms with van der Waals surface area (Å²) >= 11 is 12.3. The summed E-state index contributed by atoms with van der Waals surface area (Å²) in [5.74, 6) is 0.382. The van der Waals surface area contributed by atoms with E-state index in [4.69, 9.17) is 37.9 Å². The van der Waals surface area contributed by atoms with Crippen LogP contribution in [0.4, 0.5) is 4.79 Å². The third-order valence-corrected chi connectivity index (χ3v) is 4.07. The summed E-state index contributed by atoms with van der Waals surface area (Å²) in [6.45, 7) is 6.62. The van der Waals surface area contributed by atoms with Crippen molar-refractivity contribution in [2.24, 2.45) is 0 Å². The van der Waals surface area contributed by atoms with Gasteiger partial charge in [-0.25, -0.2) is 4.79 Å². The van der Waals surface area contributed by atoms with Gasteiger partial charge in [0.2, 0.25) is 0 Å². The summed E-state index contributed by atoms with van der Waals surface area (Å²) in [5, 5.41) is 9.53. The number of likely N-dealkylation sites (tertiary alicyclic amines) is 1. The van der Waals surface area contributed by atoms with Gasteiger partial charge in [0, 0.05) is 25.9 Å². The van der Waals surface area contributed by atoms with E-state index in [9.17, 15) is 4.79 Å². The van der Waals surface area contributed by atoms with E-state index in [-0.39, 0.29) is 12.2 Å². The van der Waals surface area contributed by atoms with Gasteiger partial charge in [-0.15, -0.1) is 0 Å². The summed E-state index contributed by atoms with van der Waals surface area (Å²) in [4.78, 5) is 13.7. The lowest BCUT2D eigenvalue weighted by molar-refractivity contribution is 0.0126. The van der Waals surface area contributed by atoms with Crippen LogP contribution in [0.25, 0.3) is 0 Å². The Morgan fingerprint density at radius 2 is 1.79 bits per heavy atom.